The van der Waals surface area contributed by atoms with Gasteiger partial charge >= 0.3 is 5.91 Å². The highest BCUT2D eigenvalue weighted by molar-refractivity contribution is 7.09. The molecule has 0 aliphatic heterocycles. The van der Waals surface area contributed by atoms with Crippen molar-refractivity contribution >= 4 is 23.2 Å². The molecule has 0 unspecified atom stereocenters. The molecule has 2 aromatic rings. The number of hydrogen-bond donors (Lipinski definition) is 2. The van der Waals surface area contributed by atoms with E-state index in [1.165, 1.54) is 17.2 Å². The molecule has 2 rings (SSSR count). The standard InChI is InChI=1S/C13H15N3O3S/c1-16(8-10-4-3-7-20-10)9-12(17)14-15-13(18)11-5-2-6-19-11/h2-7H,8-9H2,1H3,(H,14,17)(H,15,18). The Labute approximate surface area is 120 Å². The number of thiophene rings is 1. The van der Waals surface area contributed by atoms with Gasteiger partial charge in [-0.1, -0.05) is 6.07 Å². The SMILES string of the molecule is CN(CC(=O)NNC(=O)c1ccco1)Cc1cccs1. The van der Waals surface area contributed by atoms with Crippen molar-refractivity contribution in [3.05, 3.63) is 46.5 Å². The molecule has 6 nitrogen and oxygen atoms in total. The third-order valence-electron chi connectivity index (χ3n) is 2.48. The quantitative estimate of drug-likeness (QED) is 0.813. The minimum Gasteiger partial charge on any atom is -0.459 e. The van der Waals surface area contributed by atoms with Crippen molar-refractivity contribution < 1.29 is 14.0 Å². The van der Waals surface area contributed by atoms with Gasteiger partial charge in [-0.15, -0.1) is 11.3 Å². The molecule has 0 aromatic carbocycles. The molecule has 0 saturated carbocycles. The van der Waals surface area contributed by atoms with E-state index in [9.17, 15) is 9.59 Å². The fourth-order valence-corrected chi connectivity index (χ4v) is 2.39. The summed E-state index contributed by atoms with van der Waals surface area (Å²) in [5.41, 5.74) is 4.64. The Balaban J connectivity index is 1.71. The molecule has 2 heterocycles. The zero-order valence-corrected chi connectivity index (χ0v) is 11.8. The van der Waals surface area contributed by atoms with Gasteiger partial charge in [0.2, 0.25) is 0 Å². The van der Waals surface area contributed by atoms with E-state index in [0.29, 0.717) is 6.54 Å². The van der Waals surface area contributed by atoms with Gasteiger partial charge in [0, 0.05) is 11.4 Å². The van der Waals surface area contributed by atoms with Gasteiger partial charge in [0.15, 0.2) is 5.76 Å². The zero-order valence-electron chi connectivity index (χ0n) is 11.0. The lowest BCUT2D eigenvalue weighted by Gasteiger charge is -2.15. The lowest BCUT2D eigenvalue weighted by Crippen LogP contribution is -2.45. The Morgan fingerprint density at radius 1 is 1.30 bits per heavy atom. The average Bonchev–Trinajstić information content (AvgIpc) is 3.08. The van der Waals surface area contributed by atoms with E-state index in [2.05, 4.69) is 10.9 Å². The molecule has 2 aromatic heterocycles. The Morgan fingerprint density at radius 3 is 2.80 bits per heavy atom. The van der Waals surface area contributed by atoms with Crippen LogP contribution in [0.2, 0.25) is 0 Å². The molecular weight excluding hydrogens is 278 g/mol. The van der Waals surface area contributed by atoms with Crippen molar-refractivity contribution in [2.45, 2.75) is 6.54 Å². The highest BCUT2D eigenvalue weighted by Crippen LogP contribution is 2.10. The molecular formula is C13H15N3O3S. The Hall–Kier alpha value is -2.12. The monoisotopic (exact) mass is 293 g/mol. The summed E-state index contributed by atoms with van der Waals surface area (Å²) in [6, 6.07) is 7.10. The van der Waals surface area contributed by atoms with Gasteiger partial charge in [0.1, 0.15) is 0 Å². The first kappa shape index (κ1) is 14.3. The van der Waals surface area contributed by atoms with Crippen LogP contribution in [0.1, 0.15) is 15.4 Å². The van der Waals surface area contributed by atoms with Crippen molar-refractivity contribution in [1.82, 2.24) is 15.8 Å². The Morgan fingerprint density at radius 2 is 2.15 bits per heavy atom. The maximum absolute atomic E-state index is 11.7. The Bertz CT molecular complexity index is 551. The van der Waals surface area contributed by atoms with E-state index in [0.717, 1.165) is 0 Å². The number of hydrazine groups is 1. The predicted octanol–water partition coefficient (Wildman–Crippen LogP) is 1.23. The highest BCUT2D eigenvalue weighted by Gasteiger charge is 2.11. The summed E-state index contributed by atoms with van der Waals surface area (Å²) >= 11 is 1.64. The summed E-state index contributed by atoms with van der Waals surface area (Å²) in [5.74, 6) is -0.620. The third-order valence-corrected chi connectivity index (χ3v) is 3.34. The fraction of sp³-hybridized carbons (Fsp3) is 0.231. The van der Waals surface area contributed by atoms with Crippen LogP contribution in [0.15, 0.2) is 40.3 Å². The number of carbonyl (C=O) groups is 2. The highest BCUT2D eigenvalue weighted by atomic mass is 32.1. The fourth-order valence-electron chi connectivity index (χ4n) is 1.60. The second-order valence-corrected chi connectivity index (χ2v) is 5.26. The number of nitrogens with zero attached hydrogens (tertiary/aromatic N) is 1. The number of likely N-dealkylation sites (N-methyl/N-ethyl adjacent to an activating group) is 1. The van der Waals surface area contributed by atoms with Crippen molar-refractivity contribution in [1.29, 1.82) is 0 Å². The van der Waals surface area contributed by atoms with Crippen LogP contribution in [0, 0.1) is 0 Å². The first-order valence-corrected chi connectivity index (χ1v) is 6.87. The zero-order chi connectivity index (χ0) is 14.4. The molecule has 0 saturated heterocycles. The predicted molar refractivity (Wildman–Crippen MR) is 75.0 cm³/mol. The van der Waals surface area contributed by atoms with Crippen molar-refractivity contribution in [3.8, 4) is 0 Å². The smallest absolute Gasteiger partial charge is 0.305 e. The van der Waals surface area contributed by atoms with E-state index in [1.54, 1.807) is 17.4 Å². The molecule has 0 aliphatic rings. The molecule has 2 N–H and O–H groups in total. The van der Waals surface area contributed by atoms with Crippen LogP contribution in [0.4, 0.5) is 0 Å². The van der Waals surface area contributed by atoms with Gasteiger partial charge < -0.3 is 4.42 Å². The van der Waals surface area contributed by atoms with Gasteiger partial charge in [0.05, 0.1) is 12.8 Å². The van der Waals surface area contributed by atoms with E-state index in [4.69, 9.17) is 4.42 Å². The van der Waals surface area contributed by atoms with E-state index < -0.39 is 5.91 Å². The summed E-state index contributed by atoms with van der Waals surface area (Å²) < 4.78 is 4.91. The number of carbonyl (C=O) groups excluding carboxylic acids is 2. The first-order valence-electron chi connectivity index (χ1n) is 5.99. The van der Waals surface area contributed by atoms with Gasteiger partial charge in [-0.2, -0.15) is 0 Å². The molecule has 0 aliphatic carbocycles. The Kier molecular flexibility index (Phi) is 4.91. The van der Waals surface area contributed by atoms with Crippen molar-refractivity contribution in [2.24, 2.45) is 0 Å². The number of nitrogens with one attached hydrogen (secondary N) is 2. The van der Waals surface area contributed by atoms with Gasteiger partial charge in [0.25, 0.3) is 5.91 Å². The average molecular weight is 293 g/mol. The topological polar surface area (TPSA) is 74.6 Å². The van der Waals surface area contributed by atoms with Crippen LogP contribution in [-0.2, 0) is 11.3 Å². The van der Waals surface area contributed by atoms with E-state index in [1.807, 2.05) is 29.5 Å². The molecule has 0 radical (unpaired) electrons. The largest absolute Gasteiger partial charge is 0.459 e. The van der Waals surface area contributed by atoms with Crippen LogP contribution in [0.3, 0.4) is 0 Å². The minimum absolute atomic E-state index is 0.150. The molecule has 0 bridgehead atoms. The minimum atomic E-state index is -0.482. The van der Waals surface area contributed by atoms with E-state index >= 15 is 0 Å². The number of rotatable bonds is 5. The number of hydrogen-bond acceptors (Lipinski definition) is 5. The summed E-state index contributed by atoms with van der Waals surface area (Å²) in [6.45, 7) is 0.882. The normalized spacial score (nSPS) is 10.5. The molecule has 0 fully saturated rings. The second-order valence-electron chi connectivity index (χ2n) is 4.23. The summed E-state index contributed by atoms with van der Waals surface area (Å²) in [5, 5.41) is 1.99. The number of furan rings is 1. The van der Waals surface area contributed by atoms with Crippen LogP contribution in [0.25, 0.3) is 0 Å². The number of amides is 2. The van der Waals surface area contributed by atoms with Crippen molar-refractivity contribution in [3.63, 3.8) is 0 Å². The van der Waals surface area contributed by atoms with Gasteiger partial charge in [-0.3, -0.25) is 25.3 Å². The van der Waals surface area contributed by atoms with Crippen LogP contribution in [-0.4, -0.2) is 30.3 Å². The molecule has 106 valence electrons. The maximum Gasteiger partial charge on any atom is 0.305 e. The molecule has 0 atom stereocenters. The summed E-state index contributed by atoms with van der Waals surface area (Å²) in [6.07, 6.45) is 1.39. The maximum atomic E-state index is 11.7. The summed E-state index contributed by atoms with van der Waals surface area (Å²) in [7, 11) is 1.84. The van der Waals surface area contributed by atoms with Crippen LogP contribution >= 0.6 is 11.3 Å². The molecule has 7 heteroatoms. The van der Waals surface area contributed by atoms with Crippen LogP contribution in [0.5, 0.6) is 0 Å². The summed E-state index contributed by atoms with van der Waals surface area (Å²) in [4.78, 5) is 26.2. The third kappa shape index (κ3) is 4.22. The van der Waals surface area contributed by atoms with E-state index in [-0.39, 0.29) is 18.2 Å². The van der Waals surface area contributed by atoms with Gasteiger partial charge in [-0.05, 0) is 30.6 Å². The first-order chi connectivity index (χ1) is 9.65. The van der Waals surface area contributed by atoms with Crippen molar-refractivity contribution in [2.75, 3.05) is 13.6 Å². The molecule has 0 spiro atoms. The van der Waals surface area contributed by atoms with Gasteiger partial charge in [-0.25, -0.2) is 0 Å². The molecule has 2 amide bonds. The lowest BCUT2D eigenvalue weighted by molar-refractivity contribution is -0.122. The second kappa shape index (κ2) is 6.88. The lowest BCUT2D eigenvalue weighted by atomic mass is 10.4. The van der Waals surface area contributed by atoms with Crippen LogP contribution < -0.4 is 10.9 Å². The molecule has 20 heavy (non-hydrogen) atoms.